The second-order valence-electron chi connectivity index (χ2n) is 4.98. The van der Waals surface area contributed by atoms with Crippen molar-refractivity contribution in [2.75, 3.05) is 0 Å². The zero-order valence-electron chi connectivity index (χ0n) is 12.2. The largest absolute Gasteiger partial charge is 0.475 e. The van der Waals surface area contributed by atoms with Gasteiger partial charge in [0.15, 0.2) is 5.69 Å². The van der Waals surface area contributed by atoms with Crippen LogP contribution in [0.5, 0.6) is 5.88 Å². The summed E-state index contributed by atoms with van der Waals surface area (Å²) >= 11 is 0. The molecule has 0 aliphatic rings. The van der Waals surface area contributed by atoms with Gasteiger partial charge in [0.25, 0.3) is 0 Å². The maximum atomic E-state index is 13.9. The molecule has 2 rings (SSSR count). The van der Waals surface area contributed by atoms with E-state index < -0.39 is 5.82 Å². The molecule has 1 aromatic heterocycles. The van der Waals surface area contributed by atoms with Crippen LogP contribution in [-0.2, 0) is 6.42 Å². The van der Waals surface area contributed by atoms with Gasteiger partial charge in [-0.25, -0.2) is 19.2 Å². The van der Waals surface area contributed by atoms with Crippen molar-refractivity contribution in [2.45, 2.75) is 33.3 Å². The third-order valence-electron chi connectivity index (χ3n) is 3.01. The summed E-state index contributed by atoms with van der Waals surface area (Å²) in [5, 5.41) is 0. The second-order valence-corrected chi connectivity index (χ2v) is 4.98. The van der Waals surface area contributed by atoms with E-state index in [0.717, 1.165) is 11.3 Å². The van der Waals surface area contributed by atoms with E-state index in [1.54, 1.807) is 12.1 Å². The Hall–Kier alpha value is -2.48. The van der Waals surface area contributed by atoms with E-state index in [1.165, 1.54) is 12.4 Å². The lowest BCUT2D eigenvalue weighted by molar-refractivity contribution is 0.230. The van der Waals surface area contributed by atoms with E-state index in [-0.39, 0.29) is 6.10 Å². The van der Waals surface area contributed by atoms with Crippen molar-refractivity contribution < 1.29 is 9.13 Å². The normalized spacial score (nSPS) is 10.5. The van der Waals surface area contributed by atoms with Crippen LogP contribution in [0, 0.1) is 19.3 Å². The standard InChI is InChI=1S/C16H16FN3O/c1-10(2)21-16-11(3)15(19-9-20-16)7-12-5-6-13(18-4)8-14(12)17/h5-6,8-10H,7H2,1-3H3. The Morgan fingerprint density at radius 2 is 2.10 bits per heavy atom. The van der Waals surface area contributed by atoms with Crippen molar-refractivity contribution in [1.29, 1.82) is 0 Å². The van der Waals surface area contributed by atoms with Crippen LogP contribution in [0.25, 0.3) is 4.85 Å². The Bertz CT molecular complexity index is 692. The predicted octanol–water partition coefficient (Wildman–Crippen LogP) is 3.85. The fraction of sp³-hybridized carbons (Fsp3) is 0.312. The molecule has 0 fully saturated rings. The molecule has 0 radical (unpaired) electrons. The van der Waals surface area contributed by atoms with Crippen LogP contribution < -0.4 is 4.74 Å². The molecular formula is C16H16FN3O. The summed E-state index contributed by atoms with van der Waals surface area (Å²) in [7, 11) is 0. The zero-order chi connectivity index (χ0) is 15.4. The molecule has 0 saturated heterocycles. The Morgan fingerprint density at radius 3 is 2.71 bits per heavy atom. The SMILES string of the molecule is [C-]#[N+]c1ccc(Cc2ncnc(OC(C)C)c2C)c(F)c1. The minimum Gasteiger partial charge on any atom is -0.475 e. The smallest absolute Gasteiger partial charge is 0.219 e. The topological polar surface area (TPSA) is 39.4 Å². The molecule has 0 amide bonds. The van der Waals surface area contributed by atoms with Crippen LogP contribution in [0.15, 0.2) is 24.5 Å². The molecule has 1 heterocycles. The maximum Gasteiger partial charge on any atom is 0.219 e. The number of ether oxygens (including phenoxy) is 1. The Balaban J connectivity index is 2.30. The maximum absolute atomic E-state index is 13.9. The fourth-order valence-corrected chi connectivity index (χ4v) is 1.92. The predicted molar refractivity (Wildman–Crippen MR) is 78.0 cm³/mol. The highest BCUT2D eigenvalue weighted by atomic mass is 19.1. The van der Waals surface area contributed by atoms with Crippen LogP contribution in [0.4, 0.5) is 10.1 Å². The van der Waals surface area contributed by atoms with E-state index >= 15 is 0 Å². The van der Waals surface area contributed by atoms with Gasteiger partial charge in [0.1, 0.15) is 12.1 Å². The molecule has 0 aliphatic carbocycles. The van der Waals surface area contributed by atoms with Gasteiger partial charge in [-0.2, -0.15) is 0 Å². The molecule has 0 saturated carbocycles. The van der Waals surface area contributed by atoms with Gasteiger partial charge in [0.2, 0.25) is 5.88 Å². The lowest BCUT2D eigenvalue weighted by Crippen LogP contribution is -2.10. The first-order valence-corrected chi connectivity index (χ1v) is 6.64. The Labute approximate surface area is 123 Å². The molecule has 0 spiro atoms. The molecule has 108 valence electrons. The minimum absolute atomic E-state index is 0.0149. The number of rotatable bonds is 4. The van der Waals surface area contributed by atoms with Gasteiger partial charge in [0.05, 0.1) is 18.4 Å². The molecule has 0 atom stereocenters. The van der Waals surface area contributed by atoms with Crippen molar-refractivity contribution in [3.63, 3.8) is 0 Å². The number of nitrogens with zero attached hydrogens (tertiary/aromatic N) is 3. The molecule has 0 bridgehead atoms. The first-order chi connectivity index (χ1) is 10.0. The number of halogens is 1. The first-order valence-electron chi connectivity index (χ1n) is 6.64. The lowest BCUT2D eigenvalue weighted by atomic mass is 10.1. The fourth-order valence-electron chi connectivity index (χ4n) is 1.92. The first kappa shape index (κ1) is 14.9. The molecule has 2 aromatic rings. The molecule has 21 heavy (non-hydrogen) atoms. The third kappa shape index (κ3) is 3.54. The van der Waals surface area contributed by atoms with E-state index in [1.807, 2.05) is 20.8 Å². The van der Waals surface area contributed by atoms with E-state index in [4.69, 9.17) is 11.3 Å². The molecule has 5 heteroatoms. The average molecular weight is 285 g/mol. The van der Waals surface area contributed by atoms with Gasteiger partial charge >= 0.3 is 0 Å². The highest BCUT2D eigenvalue weighted by Gasteiger charge is 2.12. The highest BCUT2D eigenvalue weighted by molar-refractivity contribution is 5.47. The monoisotopic (exact) mass is 285 g/mol. The van der Waals surface area contributed by atoms with Gasteiger partial charge in [-0.1, -0.05) is 12.1 Å². The van der Waals surface area contributed by atoms with Crippen molar-refractivity contribution in [2.24, 2.45) is 0 Å². The second kappa shape index (κ2) is 6.31. The summed E-state index contributed by atoms with van der Waals surface area (Å²) in [5.74, 6) is 0.126. The summed E-state index contributed by atoms with van der Waals surface area (Å²) in [6.07, 6.45) is 1.78. The van der Waals surface area contributed by atoms with Crippen LogP contribution in [0.1, 0.15) is 30.7 Å². The van der Waals surface area contributed by atoms with Crippen molar-refractivity contribution in [3.8, 4) is 5.88 Å². The average Bonchev–Trinajstić information content (AvgIpc) is 2.44. The number of hydrogen-bond acceptors (Lipinski definition) is 3. The highest BCUT2D eigenvalue weighted by Crippen LogP contribution is 2.23. The van der Waals surface area contributed by atoms with Gasteiger partial charge in [-0.15, -0.1) is 0 Å². The van der Waals surface area contributed by atoms with E-state index in [0.29, 0.717) is 23.6 Å². The molecular weight excluding hydrogens is 269 g/mol. The summed E-state index contributed by atoms with van der Waals surface area (Å²) in [4.78, 5) is 11.5. The summed E-state index contributed by atoms with van der Waals surface area (Å²) in [6, 6.07) is 4.46. The van der Waals surface area contributed by atoms with Crippen LogP contribution in [0.2, 0.25) is 0 Å². The molecule has 0 N–H and O–H groups in total. The van der Waals surface area contributed by atoms with Gasteiger partial charge in [-0.05, 0) is 32.4 Å². The number of aromatic nitrogens is 2. The van der Waals surface area contributed by atoms with Crippen LogP contribution in [-0.4, -0.2) is 16.1 Å². The number of benzene rings is 1. The molecule has 0 aliphatic heterocycles. The molecule has 0 unspecified atom stereocenters. The summed E-state index contributed by atoms with van der Waals surface area (Å²) in [5.41, 5.74) is 2.31. The van der Waals surface area contributed by atoms with Crippen molar-refractivity contribution in [1.82, 2.24) is 9.97 Å². The Morgan fingerprint density at radius 1 is 1.33 bits per heavy atom. The summed E-state index contributed by atoms with van der Waals surface area (Å²) < 4.78 is 19.6. The van der Waals surface area contributed by atoms with E-state index in [9.17, 15) is 4.39 Å². The quantitative estimate of drug-likeness (QED) is 0.801. The van der Waals surface area contributed by atoms with Crippen LogP contribution >= 0.6 is 0 Å². The molecule has 4 nitrogen and oxygen atoms in total. The van der Waals surface area contributed by atoms with Gasteiger partial charge in [0, 0.05) is 12.0 Å². The van der Waals surface area contributed by atoms with E-state index in [2.05, 4.69) is 14.8 Å². The van der Waals surface area contributed by atoms with Crippen molar-refractivity contribution >= 4 is 5.69 Å². The minimum atomic E-state index is -0.396. The Kier molecular flexibility index (Phi) is 4.49. The van der Waals surface area contributed by atoms with Gasteiger partial charge < -0.3 is 4.74 Å². The lowest BCUT2D eigenvalue weighted by Gasteiger charge is -2.13. The van der Waals surface area contributed by atoms with Crippen molar-refractivity contribution in [3.05, 3.63) is 58.6 Å². The zero-order valence-corrected chi connectivity index (χ0v) is 12.2. The number of hydrogen-bond donors (Lipinski definition) is 0. The van der Waals surface area contributed by atoms with Crippen LogP contribution in [0.3, 0.4) is 0 Å². The van der Waals surface area contributed by atoms with Gasteiger partial charge in [-0.3, -0.25) is 0 Å². The molecule has 1 aromatic carbocycles. The summed E-state index contributed by atoms with van der Waals surface area (Å²) in [6.45, 7) is 12.6. The third-order valence-corrected chi connectivity index (χ3v) is 3.01.